The SMILES string of the molecule is CCCC/C=C\CCCCCCCC(=O)OC(COC(=O)CCCCCCCCCCCCC)COC(=O)CCCCCCCCCCCCCCCCC/C=C\C/C=C\CCCCCCC. The molecule has 0 fully saturated rings. The Balaban J connectivity index is 4.11. The van der Waals surface area contributed by atoms with E-state index in [-0.39, 0.29) is 31.1 Å². The molecule has 0 spiro atoms. The largest absolute Gasteiger partial charge is 0.462 e. The summed E-state index contributed by atoms with van der Waals surface area (Å²) in [4.78, 5) is 38.0. The molecule has 6 nitrogen and oxygen atoms in total. The number of unbranched alkanes of at least 4 members (excludes halogenated alkanes) is 37. The summed E-state index contributed by atoms with van der Waals surface area (Å²) >= 11 is 0. The third-order valence-electron chi connectivity index (χ3n) is 13.1. The van der Waals surface area contributed by atoms with Gasteiger partial charge in [-0.2, -0.15) is 0 Å². The molecule has 0 amide bonds. The number of esters is 3. The van der Waals surface area contributed by atoms with E-state index in [4.69, 9.17) is 14.2 Å². The van der Waals surface area contributed by atoms with Gasteiger partial charge in [0.25, 0.3) is 0 Å². The van der Waals surface area contributed by atoms with Crippen LogP contribution in [0.25, 0.3) is 0 Å². The fourth-order valence-corrected chi connectivity index (χ4v) is 8.63. The van der Waals surface area contributed by atoms with E-state index in [1.165, 1.54) is 205 Å². The topological polar surface area (TPSA) is 78.9 Å². The lowest BCUT2D eigenvalue weighted by Gasteiger charge is -2.18. The van der Waals surface area contributed by atoms with Crippen molar-refractivity contribution in [3.8, 4) is 0 Å². The lowest BCUT2D eigenvalue weighted by molar-refractivity contribution is -0.167. The minimum Gasteiger partial charge on any atom is -0.462 e. The van der Waals surface area contributed by atoms with Crippen molar-refractivity contribution in [2.24, 2.45) is 0 Å². The molecule has 0 heterocycles. The van der Waals surface area contributed by atoms with Crippen molar-refractivity contribution in [3.05, 3.63) is 36.5 Å². The van der Waals surface area contributed by atoms with Crippen LogP contribution in [-0.2, 0) is 28.6 Å². The van der Waals surface area contributed by atoms with E-state index in [9.17, 15) is 14.4 Å². The summed E-state index contributed by atoms with van der Waals surface area (Å²) in [5.74, 6) is -0.868. The Labute approximate surface area is 416 Å². The summed E-state index contributed by atoms with van der Waals surface area (Å²) in [6.07, 6.45) is 67.3. The molecule has 0 bridgehead atoms. The minimum absolute atomic E-state index is 0.0715. The molecule has 1 unspecified atom stereocenters. The zero-order valence-corrected chi connectivity index (χ0v) is 44.9. The number of allylic oxidation sites excluding steroid dienone is 6. The first kappa shape index (κ1) is 64.6. The number of hydrogen-bond acceptors (Lipinski definition) is 6. The summed E-state index contributed by atoms with van der Waals surface area (Å²) in [5.41, 5.74) is 0. The smallest absolute Gasteiger partial charge is 0.306 e. The highest BCUT2D eigenvalue weighted by Crippen LogP contribution is 2.17. The summed E-state index contributed by atoms with van der Waals surface area (Å²) < 4.78 is 16.8. The van der Waals surface area contributed by atoms with Gasteiger partial charge in [-0.05, 0) is 70.6 Å². The third kappa shape index (κ3) is 54.4. The first-order chi connectivity index (χ1) is 33.0. The van der Waals surface area contributed by atoms with E-state index in [2.05, 4.69) is 57.2 Å². The summed E-state index contributed by atoms with van der Waals surface area (Å²) in [5, 5.41) is 0. The average molecular weight is 942 g/mol. The van der Waals surface area contributed by atoms with Crippen LogP contribution in [0.15, 0.2) is 36.5 Å². The van der Waals surface area contributed by atoms with Gasteiger partial charge in [-0.3, -0.25) is 14.4 Å². The van der Waals surface area contributed by atoms with Gasteiger partial charge in [0.15, 0.2) is 6.10 Å². The van der Waals surface area contributed by atoms with Crippen molar-refractivity contribution in [3.63, 3.8) is 0 Å². The van der Waals surface area contributed by atoms with Gasteiger partial charge < -0.3 is 14.2 Å². The predicted molar refractivity (Wildman–Crippen MR) is 289 cm³/mol. The van der Waals surface area contributed by atoms with Gasteiger partial charge >= 0.3 is 17.9 Å². The Kier molecular flexibility index (Phi) is 54.2. The first-order valence-corrected chi connectivity index (χ1v) is 29.5. The Bertz CT molecular complexity index is 1130. The second kappa shape index (κ2) is 56.2. The molecule has 0 saturated heterocycles. The van der Waals surface area contributed by atoms with Gasteiger partial charge in [0.05, 0.1) is 0 Å². The Morgan fingerprint density at radius 3 is 0.881 bits per heavy atom. The van der Waals surface area contributed by atoms with Crippen LogP contribution in [0, 0.1) is 0 Å². The number of carbonyl (C=O) groups is 3. The van der Waals surface area contributed by atoms with Crippen molar-refractivity contribution >= 4 is 17.9 Å². The van der Waals surface area contributed by atoms with Crippen molar-refractivity contribution in [2.45, 2.75) is 322 Å². The van der Waals surface area contributed by atoms with Gasteiger partial charge in [0.1, 0.15) is 13.2 Å². The quantitative estimate of drug-likeness (QED) is 0.0262. The van der Waals surface area contributed by atoms with Crippen molar-refractivity contribution < 1.29 is 28.6 Å². The molecule has 0 rings (SSSR count). The van der Waals surface area contributed by atoms with E-state index in [0.717, 1.165) is 70.6 Å². The molecular weight excluding hydrogens is 829 g/mol. The van der Waals surface area contributed by atoms with Crippen molar-refractivity contribution in [2.75, 3.05) is 13.2 Å². The van der Waals surface area contributed by atoms with Crippen LogP contribution in [0.2, 0.25) is 0 Å². The molecule has 0 aromatic carbocycles. The van der Waals surface area contributed by atoms with Crippen LogP contribution < -0.4 is 0 Å². The van der Waals surface area contributed by atoms with Gasteiger partial charge in [-0.15, -0.1) is 0 Å². The summed E-state index contributed by atoms with van der Waals surface area (Å²) in [6.45, 7) is 6.61. The number of rotatable bonds is 54. The lowest BCUT2D eigenvalue weighted by atomic mass is 10.0. The average Bonchev–Trinajstić information content (AvgIpc) is 3.33. The highest BCUT2D eigenvalue weighted by Gasteiger charge is 2.19. The molecule has 0 aliphatic heterocycles. The first-order valence-electron chi connectivity index (χ1n) is 29.5. The van der Waals surface area contributed by atoms with E-state index in [1.807, 2.05) is 0 Å². The zero-order chi connectivity index (χ0) is 48.6. The van der Waals surface area contributed by atoms with Crippen LogP contribution in [-0.4, -0.2) is 37.2 Å². The third-order valence-corrected chi connectivity index (χ3v) is 13.1. The van der Waals surface area contributed by atoms with Crippen LogP contribution in [0.1, 0.15) is 316 Å². The molecule has 0 aromatic rings. The Hall–Kier alpha value is -2.37. The number of ether oxygens (including phenoxy) is 3. The zero-order valence-electron chi connectivity index (χ0n) is 44.9. The standard InChI is InChI=1S/C61H112O6/c1-4-7-10-13-16-19-22-23-24-25-26-27-28-29-30-31-32-33-34-35-36-37-40-42-45-48-51-54-60(63)66-57-58(67-61(64)55-52-49-46-43-39-21-18-15-12-9-6-3)56-65-59(62)53-50-47-44-41-38-20-17-14-11-8-5-2/h15,18,22-23,25-26,58H,4-14,16-17,19-21,24,27-57H2,1-3H3/b18-15-,23-22-,26-25-. The molecule has 392 valence electrons. The van der Waals surface area contributed by atoms with E-state index >= 15 is 0 Å². The van der Waals surface area contributed by atoms with Crippen LogP contribution in [0.4, 0.5) is 0 Å². The Morgan fingerprint density at radius 2 is 0.552 bits per heavy atom. The van der Waals surface area contributed by atoms with Crippen LogP contribution in [0.5, 0.6) is 0 Å². The van der Waals surface area contributed by atoms with Gasteiger partial charge in [-0.1, -0.05) is 263 Å². The monoisotopic (exact) mass is 941 g/mol. The van der Waals surface area contributed by atoms with Crippen LogP contribution >= 0.6 is 0 Å². The maximum atomic E-state index is 12.8. The minimum atomic E-state index is -0.771. The summed E-state index contributed by atoms with van der Waals surface area (Å²) in [6, 6.07) is 0. The van der Waals surface area contributed by atoms with Gasteiger partial charge in [-0.25, -0.2) is 0 Å². The van der Waals surface area contributed by atoms with E-state index in [1.54, 1.807) is 0 Å². The maximum absolute atomic E-state index is 12.8. The maximum Gasteiger partial charge on any atom is 0.306 e. The molecule has 0 aliphatic carbocycles. The van der Waals surface area contributed by atoms with Crippen molar-refractivity contribution in [1.29, 1.82) is 0 Å². The van der Waals surface area contributed by atoms with Crippen molar-refractivity contribution in [1.82, 2.24) is 0 Å². The second-order valence-corrected chi connectivity index (χ2v) is 19.9. The van der Waals surface area contributed by atoms with E-state index < -0.39 is 6.10 Å². The van der Waals surface area contributed by atoms with Gasteiger partial charge in [0, 0.05) is 19.3 Å². The molecule has 0 aromatic heterocycles. The fraction of sp³-hybridized carbons (Fsp3) is 0.852. The molecule has 0 radical (unpaired) electrons. The second-order valence-electron chi connectivity index (χ2n) is 19.9. The fourth-order valence-electron chi connectivity index (χ4n) is 8.63. The highest BCUT2D eigenvalue weighted by molar-refractivity contribution is 5.71. The molecule has 1 atom stereocenters. The van der Waals surface area contributed by atoms with Crippen LogP contribution in [0.3, 0.4) is 0 Å². The Morgan fingerprint density at radius 1 is 0.299 bits per heavy atom. The lowest BCUT2D eigenvalue weighted by Crippen LogP contribution is -2.30. The van der Waals surface area contributed by atoms with E-state index in [0.29, 0.717) is 19.3 Å². The number of hydrogen-bond donors (Lipinski definition) is 0. The predicted octanol–water partition coefficient (Wildman–Crippen LogP) is 19.7. The molecule has 0 saturated carbocycles. The molecule has 6 heteroatoms. The molecular formula is C61H112O6. The number of carbonyl (C=O) groups excluding carboxylic acids is 3. The highest BCUT2D eigenvalue weighted by atomic mass is 16.6. The summed E-state index contributed by atoms with van der Waals surface area (Å²) in [7, 11) is 0. The molecule has 67 heavy (non-hydrogen) atoms. The normalized spacial score (nSPS) is 12.2. The van der Waals surface area contributed by atoms with Gasteiger partial charge in [0.2, 0.25) is 0 Å². The molecule has 0 aliphatic rings. The molecule has 0 N–H and O–H groups in total.